The van der Waals surface area contributed by atoms with Crippen LogP contribution in [0.15, 0.2) is 23.3 Å². The maximum Gasteiger partial charge on any atom is 0.395 e. The first-order valence-corrected chi connectivity index (χ1v) is 7.12. The van der Waals surface area contributed by atoms with E-state index in [9.17, 15) is 18.3 Å². The summed E-state index contributed by atoms with van der Waals surface area (Å²) in [4.78, 5) is 0. The van der Waals surface area contributed by atoms with Crippen molar-refractivity contribution in [1.29, 1.82) is 0 Å². The molecule has 2 aliphatic carbocycles. The van der Waals surface area contributed by atoms with Gasteiger partial charge in [0, 0.05) is 0 Å². The average Bonchev–Trinajstić information content (AvgIpc) is 2.38. The number of aliphatic hydroxyl groups is 1. The van der Waals surface area contributed by atoms with Crippen molar-refractivity contribution in [2.45, 2.75) is 50.3 Å². The molecule has 0 amide bonds. The predicted octanol–water partition coefficient (Wildman–Crippen LogP) is 4.56. The molecule has 3 atom stereocenters. The summed E-state index contributed by atoms with van der Waals surface area (Å²) < 4.78 is 37.8. The van der Waals surface area contributed by atoms with E-state index in [2.05, 4.69) is 0 Å². The first kappa shape index (κ1) is 14.9. The molecule has 2 aliphatic rings. The summed E-state index contributed by atoms with van der Waals surface area (Å²) in [6.45, 7) is 0. The van der Waals surface area contributed by atoms with Crippen LogP contribution in [0.2, 0.25) is 0 Å². The van der Waals surface area contributed by atoms with E-state index in [1.807, 2.05) is 0 Å². The summed E-state index contributed by atoms with van der Waals surface area (Å²) in [6, 6.07) is 0. The van der Waals surface area contributed by atoms with Crippen LogP contribution in [0.5, 0.6) is 0 Å². The fraction of sp³-hybridized carbons (Fsp3) is 0.714. The van der Waals surface area contributed by atoms with Gasteiger partial charge in [0.1, 0.15) is 5.56 Å². The van der Waals surface area contributed by atoms with Crippen LogP contribution in [0.25, 0.3) is 0 Å². The van der Waals surface area contributed by atoms with Gasteiger partial charge in [-0.1, -0.05) is 29.3 Å². The van der Waals surface area contributed by atoms with E-state index in [4.69, 9.17) is 11.6 Å². The Morgan fingerprint density at radius 1 is 1.16 bits per heavy atom. The Kier molecular flexibility index (Phi) is 4.62. The molecule has 0 saturated heterocycles. The minimum atomic E-state index is -4.14. The normalized spacial score (nSPS) is 30.6. The van der Waals surface area contributed by atoms with Crippen molar-refractivity contribution in [3.8, 4) is 0 Å². The lowest BCUT2D eigenvalue weighted by Crippen LogP contribution is -2.25. The molecule has 1 nitrogen and oxygen atoms in total. The third-order valence-corrected chi connectivity index (χ3v) is 4.34. The molecule has 0 heterocycles. The van der Waals surface area contributed by atoms with Gasteiger partial charge in [0.15, 0.2) is 0 Å². The van der Waals surface area contributed by atoms with Crippen LogP contribution in [0, 0.1) is 11.8 Å². The zero-order valence-electron chi connectivity index (χ0n) is 10.6. The SMILES string of the molecule is OC(Cl)C1=C(C2C=CC(C(F)(F)F)CC2)CCCC1. The number of halogens is 4. The lowest BCUT2D eigenvalue weighted by atomic mass is 9.77. The van der Waals surface area contributed by atoms with Crippen LogP contribution in [0.3, 0.4) is 0 Å². The lowest BCUT2D eigenvalue weighted by Gasteiger charge is -2.30. The summed E-state index contributed by atoms with van der Waals surface area (Å²) >= 11 is 5.77. The highest BCUT2D eigenvalue weighted by molar-refractivity contribution is 6.21. The third-order valence-electron chi connectivity index (χ3n) is 4.07. The van der Waals surface area contributed by atoms with E-state index in [0.717, 1.165) is 36.8 Å². The van der Waals surface area contributed by atoms with E-state index in [-0.39, 0.29) is 12.3 Å². The minimum absolute atomic E-state index is 0.0160. The third kappa shape index (κ3) is 3.54. The van der Waals surface area contributed by atoms with Gasteiger partial charge in [-0.2, -0.15) is 13.2 Å². The Bertz CT molecular complexity index is 385. The fourth-order valence-corrected chi connectivity index (χ4v) is 3.28. The van der Waals surface area contributed by atoms with Crippen LogP contribution in [0.1, 0.15) is 38.5 Å². The average molecular weight is 295 g/mol. The summed E-state index contributed by atoms with van der Waals surface area (Å²) in [5.41, 5.74) is 0.891. The van der Waals surface area contributed by atoms with Crippen LogP contribution in [-0.2, 0) is 0 Å². The second-order valence-electron chi connectivity index (χ2n) is 5.31. The van der Waals surface area contributed by atoms with Gasteiger partial charge >= 0.3 is 6.18 Å². The molecule has 0 aromatic heterocycles. The standard InChI is InChI=1S/C14H18ClF3O/c15-13(19)12-4-2-1-3-11(12)9-5-7-10(8-6-9)14(16,17)18/h5,7,9-10,13,19H,1-4,6,8H2. The summed E-state index contributed by atoms with van der Waals surface area (Å²) in [5, 5.41) is 9.56. The van der Waals surface area contributed by atoms with E-state index < -0.39 is 17.7 Å². The highest BCUT2D eigenvalue weighted by atomic mass is 35.5. The molecule has 5 heteroatoms. The smallest absolute Gasteiger partial charge is 0.374 e. The van der Waals surface area contributed by atoms with Gasteiger partial charge in [-0.15, -0.1) is 0 Å². The van der Waals surface area contributed by atoms with E-state index >= 15 is 0 Å². The zero-order chi connectivity index (χ0) is 14.0. The van der Waals surface area contributed by atoms with Crippen LogP contribution >= 0.6 is 11.6 Å². The lowest BCUT2D eigenvalue weighted by molar-refractivity contribution is -0.164. The molecule has 0 aliphatic heterocycles. The molecule has 1 N–H and O–H groups in total. The van der Waals surface area contributed by atoms with Gasteiger partial charge in [0.05, 0.1) is 5.92 Å². The quantitative estimate of drug-likeness (QED) is 0.585. The molecule has 19 heavy (non-hydrogen) atoms. The molecular weight excluding hydrogens is 277 g/mol. The van der Waals surface area contributed by atoms with Crippen LogP contribution < -0.4 is 0 Å². The van der Waals surface area contributed by atoms with E-state index in [0.29, 0.717) is 6.42 Å². The largest absolute Gasteiger partial charge is 0.395 e. The van der Waals surface area contributed by atoms with Crippen molar-refractivity contribution in [2.75, 3.05) is 0 Å². The molecule has 0 aromatic carbocycles. The Morgan fingerprint density at radius 2 is 1.84 bits per heavy atom. The molecule has 0 saturated carbocycles. The fourth-order valence-electron chi connectivity index (χ4n) is 3.03. The minimum Gasteiger partial charge on any atom is -0.374 e. The summed E-state index contributed by atoms with van der Waals surface area (Å²) in [6.07, 6.45) is 3.01. The molecule has 0 spiro atoms. The molecular formula is C14H18ClF3O. The monoisotopic (exact) mass is 294 g/mol. The number of aliphatic hydroxyl groups excluding tert-OH is 1. The first-order chi connectivity index (χ1) is 8.89. The summed E-state index contributed by atoms with van der Waals surface area (Å²) in [7, 11) is 0. The van der Waals surface area contributed by atoms with Gasteiger partial charge < -0.3 is 5.11 Å². The van der Waals surface area contributed by atoms with Crippen LogP contribution in [0.4, 0.5) is 13.2 Å². The maximum absolute atomic E-state index is 12.6. The predicted molar refractivity (Wildman–Crippen MR) is 68.8 cm³/mol. The maximum atomic E-state index is 12.6. The van der Waals surface area contributed by atoms with E-state index in [1.165, 1.54) is 6.08 Å². The van der Waals surface area contributed by atoms with Gasteiger partial charge in [0.2, 0.25) is 0 Å². The highest BCUT2D eigenvalue weighted by Gasteiger charge is 2.39. The van der Waals surface area contributed by atoms with Gasteiger partial charge in [0.25, 0.3) is 0 Å². The van der Waals surface area contributed by atoms with Gasteiger partial charge in [-0.25, -0.2) is 0 Å². The number of alkyl halides is 4. The molecule has 0 radical (unpaired) electrons. The highest BCUT2D eigenvalue weighted by Crippen LogP contribution is 2.41. The Balaban J connectivity index is 2.15. The Hall–Kier alpha value is -0.480. The number of hydrogen-bond acceptors (Lipinski definition) is 1. The molecule has 2 rings (SSSR count). The van der Waals surface area contributed by atoms with Crippen molar-refractivity contribution in [2.24, 2.45) is 11.8 Å². The van der Waals surface area contributed by atoms with Crippen molar-refractivity contribution in [1.82, 2.24) is 0 Å². The Morgan fingerprint density at radius 3 is 2.37 bits per heavy atom. The Labute approximate surface area is 116 Å². The molecule has 108 valence electrons. The number of rotatable bonds is 2. The van der Waals surface area contributed by atoms with Crippen LogP contribution in [-0.4, -0.2) is 16.8 Å². The molecule has 0 fully saturated rings. The first-order valence-electron chi connectivity index (χ1n) is 6.68. The summed E-state index contributed by atoms with van der Waals surface area (Å²) in [5.74, 6) is -1.31. The second-order valence-corrected chi connectivity index (χ2v) is 5.72. The van der Waals surface area contributed by atoms with Gasteiger partial charge in [-0.05, 0) is 50.0 Å². The van der Waals surface area contributed by atoms with E-state index in [1.54, 1.807) is 6.08 Å². The molecule has 3 unspecified atom stereocenters. The second kappa shape index (κ2) is 5.88. The van der Waals surface area contributed by atoms with Crippen molar-refractivity contribution >= 4 is 11.6 Å². The molecule has 0 aromatic rings. The topological polar surface area (TPSA) is 20.2 Å². The molecule has 0 bridgehead atoms. The van der Waals surface area contributed by atoms with Crippen molar-refractivity contribution < 1.29 is 18.3 Å². The zero-order valence-corrected chi connectivity index (χ0v) is 11.3. The van der Waals surface area contributed by atoms with Crippen molar-refractivity contribution in [3.05, 3.63) is 23.3 Å². The van der Waals surface area contributed by atoms with Gasteiger partial charge in [-0.3, -0.25) is 0 Å². The number of allylic oxidation sites excluding steroid dienone is 3. The van der Waals surface area contributed by atoms with Crippen molar-refractivity contribution in [3.63, 3.8) is 0 Å². The number of hydrogen-bond donors (Lipinski definition) is 1.